The van der Waals surface area contributed by atoms with E-state index in [4.69, 9.17) is 0 Å². The Morgan fingerprint density at radius 3 is 2.47 bits per heavy atom. The summed E-state index contributed by atoms with van der Waals surface area (Å²) in [5, 5.41) is 3.29. The topological polar surface area (TPSA) is 15.3 Å². The number of nitrogens with one attached hydrogen (secondary N) is 1. The first-order valence-electron chi connectivity index (χ1n) is 7.04. The maximum atomic E-state index is 14.1. The molecule has 0 unspecified atom stereocenters. The first-order valence-corrected chi connectivity index (χ1v) is 7.04. The molecule has 19 heavy (non-hydrogen) atoms. The van der Waals surface area contributed by atoms with E-state index in [9.17, 15) is 4.39 Å². The lowest BCUT2D eigenvalue weighted by Crippen LogP contribution is -2.29. The van der Waals surface area contributed by atoms with Crippen LogP contribution in [0, 0.1) is 11.2 Å². The van der Waals surface area contributed by atoms with Crippen LogP contribution in [-0.4, -0.2) is 20.1 Å². The summed E-state index contributed by atoms with van der Waals surface area (Å²) in [7, 11) is 1.94. The highest BCUT2D eigenvalue weighted by molar-refractivity contribution is 5.48. The Kier molecular flexibility index (Phi) is 5.80. The molecular weight excluding hydrogens is 239 g/mol. The summed E-state index contributed by atoms with van der Waals surface area (Å²) in [6.45, 7) is 11.1. The molecule has 0 atom stereocenters. The van der Waals surface area contributed by atoms with E-state index in [0.717, 1.165) is 31.6 Å². The fourth-order valence-electron chi connectivity index (χ4n) is 2.18. The zero-order chi connectivity index (χ0) is 14.5. The normalized spacial score (nSPS) is 11.7. The minimum atomic E-state index is -0.137. The molecule has 0 amide bonds. The summed E-state index contributed by atoms with van der Waals surface area (Å²) in [6, 6.07) is 5.52. The second kappa shape index (κ2) is 6.90. The average molecular weight is 266 g/mol. The second-order valence-corrected chi connectivity index (χ2v) is 6.38. The standard InChI is InChI=1S/C16H27FN2/c1-6-9-18-11-13-7-8-15(14(17)10-13)19(5)12-16(2,3)4/h7-8,10,18H,6,9,11-12H2,1-5H3. The van der Waals surface area contributed by atoms with Crippen molar-refractivity contribution in [3.8, 4) is 0 Å². The number of anilines is 1. The number of benzene rings is 1. The quantitative estimate of drug-likeness (QED) is 0.788. The molecule has 1 aromatic rings. The van der Waals surface area contributed by atoms with Crippen LogP contribution < -0.4 is 10.2 Å². The fraction of sp³-hybridized carbons (Fsp3) is 0.625. The monoisotopic (exact) mass is 266 g/mol. The Labute approximate surface area is 117 Å². The first-order chi connectivity index (χ1) is 8.83. The smallest absolute Gasteiger partial charge is 0.146 e. The number of hydrogen-bond donors (Lipinski definition) is 1. The van der Waals surface area contributed by atoms with Gasteiger partial charge in [0.05, 0.1) is 5.69 Å². The third-order valence-electron chi connectivity index (χ3n) is 2.89. The maximum absolute atomic E-state index is 14.1. The summed E-state index contributed by atoms with van der Waals surface area (Å²) < 4.78 is 14.1. The lowest BCUT2D eigenvalue weighted by Gasteiger charge is -2.28. The van der Waals surface area contributed by atoms with Crippen LogP contribution >= 0.6 is 0 Å². The van der Waals surface area contributed by atoms with Gasteiger partial charge in [-0.15, -0.1) is 0 Å². The number of halogens is 1. The summed E-state index contributed by atoms with van der Waals surface area (Å²) in [6.07, 6.45) is 1.09. The number of nitrogens with zero attached hydrogens (tertiary/aromatic N) is 1. The molecule has 0 bridgehead atoms. The summed E-state index contributed by atoms with van der Waals surface area (Å²) in [5.41, 5.74) is 1.83. The Hall–Kier alpha value is -1.09. The molecule has 0 radical (unpaired) electrons. The highest BCUT2D eigenvalue weighted by Gasteiger charge is 2.16. The first kappa shape index (κ1) is 16.0. The van der Waals surface area contributed by atoms with Crippen LogP contribution in [0.1, 0.15) is 39.7 Å². The third-order valence-corrected chi connectivity index (χ3v) is 2.89. The van der Waals surface area contributed by atoms with Gasteiger partial charge in [-0.25, -0.2) is 4.39 Å². The van der Waals surface area contributed by atoms with E-state index in [1.165, 1.54) is 0 Å². The van der Waals surface area contributed by atoms with Crippen molar-refractivity contribution in [2.45, 2.75) is 40.7 Å². The molecule has 0 aliphatic rings. The van der Waals surface area contributed by atoms with E-state index in [1.54, 1.807) is 6.07 Å². The van der Waals surface area contributed by atoms with Gasteiger partial charge in [-0.05, 0) is 36.1 Å². The highest BCUT2D eigenvalue weighted by Crippen LogP contribution is 2.23. The Morgan fingerprint density at radius 1 is 1.26 bits per heavy atom. The van der Waals surface area contributed by atoms with Gasteiger partial charge in [-0.1, -0.05) is 33.8 Å². The lowest BCUT2D eigenvalue weighted by atomic mass is 9.96. The van der Waals surface area contributed by atoms with E-state index in [2.05, 4.69) is 33.0 Å². The summed E-state index contributed by atoms with van der Waals surface area (Å²) >= 11 is 0. The molecule has 1 rings (SSSR count). The van der Waals surface area contributed by atoms with Crippen LogP contribution in [0.5, 0.6) is 0 Å². The van der Waals surface area contributed by atoms with Gasteiger partial charge in [0.2, 0.25) is 0 Å². The molecule has 2 nitrogen and oxygen atoms in total. The van der Waals surface area contributed by atoms with Gasteiger partial charge in [0, 0.05) is 20.1 Å². The molecule has 1 N–H and O–H groups in total. The molecule has 1 aromatic carbocycles. The lowest BCUT2D eigenvalue weighted by molar-refractivity contribution is 0.417. The molecule has 0 aliphatic carbocycles. The molecule has 0 heterocycles. The van der Waals surface area contributed by atoms with E-state index in [1.807, 2.05) is 24.1 Å². The van der Waals surface area contributed by atoms with E-state index in [0.29, 0.717) is 5.69 Å². The van der Waals surface area contributed by atoms with Crippen LogP contribution in [0.25, 0.3) is 0 Å². The van der Waals surface area contributed by atoms with Gasteiger partial charge in [-0.2, -0.15) is 0 Å². The minimum absolute atomic E-state index is 0.137. The minimum Gasteiger partial charge on any atom is -0.372 e. The maximum Gasteiger partial charge on any atom is 0.146 e. The zero-order valence-corrected chi connectivity index (χ0v) is 12.9. The van der Waals surface area contributed by atoms with Crippen molar-refractivity contribution in [3.63, 3.8) is 0 Å². The molecule has 0 spiro atoms. The van der Waals surface area contributed by atoms with Crippen molar-refractivity contribution >= 4 is 5.69 Å². The van der Waals surface area contributed by atoms with Crippen LogP contribution in [0.3, 0.4) is 0 Å². The highest BCUT2D eigenvalue weighted by atomic mass is 19.1. The summed E-state index contributed by atoms with van der Waals surface area (Å²) in [4.78, 5) is 1.98. The third kappa shape index (κ3) is 5.60. The van der Waals surface area contributed by atoms with E-state index in [-0.39, 0.29) is 11.2 Å². The molecule has 3 heteroatoms. The Morgan fingerprint density at radius 2 is 1.95 bits per heavy atom. The Balaban J connectivity index is 2.71. The van der Waals surface area contributed by atoms with Crippen molar-refractivity contribution in [2.75, 3.05) is 25.0 Å². The van der Waals surface area contributed by atoms with Crippen molar-refractivity contribution < 1.29 is 4.39 Å². The Bertz CT molecular complexity index is 396. The number of hydrogen-bond acceptors (Lipinski definition) is 2. The molecule has 108 valence electrons. The van der Waals surface area contributed by atoms with Crippen LogP contribution in [-0.2, 0) is 6.54 Å². The average Bonchev–Trinajstić information content (AvgIpc) is 2.27. The summed E-state index contributed by atoms with van der Waals surface area (Å²) in [5.74, 6) is -0.137. The SMILES string of the molecule is CCCNCc1ccc(N(C)CC(C)(C)C)c(F)c1. The van der Waals surface area contributed by atoms with Gasteiger partial charge >= 0.3 is 0 Å². The van der Waals surface area contributed by atoms with E-state index < -0.39 is 0 Å². The van der Waals surface area contributed by atoms with Crippen molar-refractivity contribution in [3.05, 3.63) is 29.6 Å². The molecule has 0 saturated heterocycles. The molecule has 0 fully saturated rings. The van der Waals surface area contributed by atoms with Crippen molar-refractivity contribution in [1.29, 1.82) is 0 Å². The van der Waals surface area contributed by atoms with Gasteiger partial charge in [0.15, 0.2) is 0 Å². The van der Waals surface area contributed by atoms with Crippen molar-refractivity contribution in [2.24, 2.45) is 5.41 Å². The molecule has 0 aromatic heterocycles. The van der Waals surface area contributed by atoms with Crippen molar-refractivity contribution in [1.82, 2.24) is 5.32 Å². The van der Waals surface area contributed by atoms with Crippen LogP contribution in [0.2, 0.25) is 0 Å². The van der Waals surface area contributed by atoms with Crippen LogP contribution in [0.4, 0.5) is 10.1 Å². The molecule has 0 aliphatic heterocycles. The molecular formula is C16H27FN2. The van der Waals surface area contributed by atoms with Crippen LogP contribution in [0.15, 0.2) is 18.2 Å². The van der Waals surface area contributed by atoms with Gasteiger partial charge in [0.25, 0.3) is 0 Å². The van der Waals surface area contributed by atoms with Gasteiger partial charge < -0.3 is 10.2 Å². The van der Waals surface area contributed by atoms with E-state index >= 15 is 0 Å². The van der Waals surface area contributed by atoms with Gasteiger partial charge in [0.1, 0.15) is 5.82 Å². The molecule has 0 saturated carbocycles. The zero-order valence-electron chi connectivity index (χ0n) is 12.9. The second-order valence-electron chi connectivity index (χ2n) is 6.38. The largest absolute Gasteiger partial charge is 0.372 e. The predicted molar refractivity (Wildman–Crippen MR) is 81.1 cm³/mol. The number of rotatable bonds is 6. The fourth-order valence-corrected chi connectivity index (χ4v) is 2.18. The predicted octanol–water partition coefficient (Wildman–Crippen LogP) is 3.81. The van der Waals surface area contributed by atoms with Gasteiger partial charge in [-0.3, -0.25) is 0 Å².